The van der Waals surface area contributed by atoms with Gasteiger partial charge in [0.2, 0.25) is 0 Å². The molecule has 0 bridgehead atoms. The van der Waals surface area contributed by atoms with Crippen LogP contribution in [-0.2, 0) is 0 Å². The predicted molar refractivity (Wildman–Crippen MR) is 99.0 cm³/mol. The van der Waals surface area contributed by atoms with Crippen molar-refractivity contribution in [1.29, 1.82) is 0 Å². The number of halogens is 1. The Morgan fingerprint density at radius 1 is 1.12 bits per heavy atom. The van der Waals surface area contributed by atoms with E-state index in [2.05, 4.69) is 10.6 Å². The molecule has 0 radical (unpaired) electrons. The molecule has 1 amide bonds. The zero-order chi connectivity index (χ0) is 16.1. The van der Waals surface area contributed by atoms with Crippen LogP contribution in [0.3, 0.4) is 0 Å². The molecule has 0 saturated carbocycles. The van der Waals surface area contributed by atoms with E-state index in [0.29, 0.717) is 18.7 Å². The topological polar surface area (TPSA) is 61.4 Å². The third-order valence-corrected chi connectivity index (χ3v) is 5.02. The zero-order valence-corrected chi connectivity index (χ0v) is 14.8. The van der Waals surface area contributed by atoms with Gasteiger partial charge in [-0.25, -0.2) is 0 Å². The first-order chi connectivity index (χ1) is 11.2. The molecule has 0 aliphatic carbocycles. The molecule has 1 aliphatic rings. The second-order valence-electron chi connectivity index (χ2n) is 5.61. The molecule has 6 heteroatoms. The molecule has 3 rings (SSSR count). The van der Waals surface area contributed by atoms with Gasteiger partial charge in [0.1, 0.15) is 0 Å². The number of aliphatic hydroxyl groups is 1. The number of aliphatic hydroxyl groups excluding tert-OH is 1. The van der Waals surface area contributed by atoms with Crippen LogP contribution >= 0.6 is 24.2 Å². The number of hydrogen-bond acceptors (Lipinski definition) is 4. The van der Waals surface area contributed by atoms with E-state index in [9.17, 15) is 9.90 Å². The lowest BCUT2D eigenvalue weighted by Crippen LogP contribution is -2.34. The standard InChI is InChI=1S/C18H20N2O2S.ClH/c21-16-12-19-10-13(16)11-20-18(22)15-8-4-5-9-17(15)23-14-6-2-1-3-7-14;/h1-9,13,16,19,21H,10-12H2,(H,20,22);1H. The molecule has 1 fully saturated rings. The maximum atomic E-state index is 12.5. The Morgan fingerprint density at radius 3 is 2.54 bits per heavy atom. The third kappa shape index (κ3) is 4.74. The Hall–Kier alpha value is -1.53. The van der Waals surface area contributed by atoms with Crippen molar-refractivity contribution in [3.63, 3.8) is 0 Å². The van der Waals surface area contributed by atoms with Crippen molar-refractivity contribution >= 4 is 30.1 Å². The molecule has 2 atom stereocenters. The lowest BCUT2D eigenvalue weighted by Gasteiger charge is -2.15. The monoisotopic (exact) mass is 364 g/mol. The fourth-order valence-electron chi connectivity index (χ4n) is 2.61. The minimum absolute atomic E-state index is 0. The SMILES string of the molecule is Cl.O=C(NCC1CNCC1O)c1ccccc1Sc1ccccc1. The van der Waals surface area contributed by atoms with Gasteiger partial charge in [0.25, 0.3) is 5.91 Å². The number of hydrogen-bond donors (Lipinski definition) is 3. The van der Waals surface area contributed by atoms with E-state index in [4.69, 9.17) is 0 Å². The van der Waals surface area contributed by atoms with E-state index in [1.54, 1.807) is 11.8 Å². The van der Waals surface area contributed by atoms with Gasteiger partial charge < -0.3 is 15.7 Å². The van der Waals surface area contributed by atoms with E-state index in [1.165, 1.54) is 0 Å². The number of β-amino-alcohol motifs (C(OH)–C–C–N with tert-alkyl or cyclic N) is 1. The van der Waals surface area contributed by atoms with Crippen LogP contribution in [0.2, 0.25) is 0 Å². The molecule has 2 aromatic carbocycles. The van der Waals surface area contributed by atoms with Crippen molar-refractivity contribution in [1.82, 2.24) is 10.6 Å². The Balaban J connectivity index is 0.00000208. The second-order valence-corrected chi connectivity index (χ2v) is 6.72. The summed E-state index contributed by atoms with van der Waals surface area (Å²) in [5.74, 6) is -0.0176. The van der Waals surface area contributed by atoms with E-state index in [-0.39, 0.29) is 30.3 Å². The van der Waals surface area contributed by atoms with E-state index in [1.807, 2.05) is 54.6 Å². The summed E-state index contributed by atoms with van der Waals surface area (Å²) in [6, 6.07) is 17.6. The first kappa shape index (κ1) is 18.8. The molecular formula is C18H21ClN2O2S. The third-order valence-electron chi connectivity index (χ3n) is 3.93. The average Bonchev–Trinajstić information content (AvgIpc) is 2.99. The normalized spacial score (nSPS) is 19.5. The molecule has 128 valence electrons. The van der Waals surface area contributed by atoms with Crippen molar-refractivity contribution in [2.45, 2.75) is 15.9 Å². The van der Waals surface area contributed by atoms with Gasteiger partial charge >= 0.3 is 0 Å². The quantitative estimate of drug-likeness (QED) is 0.763. The fraction of sp³-hybridized carbons (Fsp3) is 0.278. The summed E-state index contributed by atoms with van der Waals surface area (Å²) < 4.78 is 0. The molecule has 2 unspecified atom stereocenters. The van der Waals surface area contributed by atoms with E-state index < -0.39 is 0 Å². The lowest BCUT2D eigenvalue weighted by molar-refractivity contribution is 0.0924. The van der Waals surface area contributed by atoms with Gasteiger partial charge in [0, 0.05) is 35.3 Å². The van der Waals surface area contributed by atoms with Crippen molar-refractivity contribution in [3.05, 3.63) is 60.2 Å². The molecule has 0 aromatic heterocycles. The molecule has 24 heavy (non-hydrogen) atoms. The lowest BCUT2D eigenvalue weighted by atomic mass is 10.1. The molecule has 0 spiro atoms. The highest BCUT2D eigenvalue weighted by atomic mass is 35.5. The summed E-state index contributed by atoms with van der Waals surface area (Å²) in [4.78, 5) is 14.5. The first-order valence-electron chi connectivity index (χ1n) is 7.73. The number of amides is 1. The molecule has 2 aromatic rings. The highest BCUT2D eigenvalue weighted by Crippen LogP contribution is 2.30. The number of benzene rings is 2. The number of carbonyl (C=O) groups is 1. The highest BCUT2D eigenvalue weighted by Gasteiger charge is 2.25. The van der Waals surface area contributed by atoms with Gasteiger partial charge in [-0.05, 0) is 24.3 Å². The van der Waals surface area contributed by atoms with Crippen molar-refractivity contribution in [2.24, 2.45) is 5.92 Å². The maximum Gasteiger partial charge on any atom is 0.252 e. The molecule has 1 heterocycles. The first-order valence-corrected chi connectivity index (χ1v) is 8.54. The summed E-state index contributed by atoms with van der Waals surface area (Å²) in [6.45, 7) is 1.82. The summed E-state index contributed by atoms with van der Waals surface area (Å²) in [7, 11) is 0. The van der Waals surface area contributed by atoms with Crippen LogP contribution in [0, 0.1) is 5.92 Å². The van der Waals surface area contributed by atoms with Crippen molar-refractivity contribution in [2.75, 3.05) is 19.6 Å². The Labute approximate surface area is 152 Å². The van der Waals surface area contributed by atoms with Crippen LogP contribution in [0.5, 0.6) is 0 Å². The smallest absolute Gasteiger partial charge is 0.252 e. The summed E-state index contributed by atoms with van der Waals surface area (Å²) in [5.41, 5.74) is 0.668. The molecular weight excluding hydrogens is 344 g/mol. The summed E-state index contributed by atoms with van der Waals surface area (Å²) in [5, 5.41) is 15.9. The van der Waals surface area contributed by atoms with Gasteiger partial charge in [0.05, 0.1) is 11.7 Å². The number of rotatable bonds is 5. The zero-order valence-electron chi connectivity index (χ0n) is 13.1. The summed E-state index contributed by atoms with van der Waals surface area (Å²) in [6.07, 6.45) is -0.385. The van der Waals surface area contributed by atoms with Gasteiger partial charge in [-0.2, -0.15) is 0 Å². The fourth-order valence-corrected chi connectivity index (χ4v) is 3.57. The summed E-state index contributed by atoms with van der Waals surface area (Å²) >= 11 is 1.58. The van der Waals surface area contributed by atoms with Crippen LogP contribution in [0.1, 0.15) is 10.4 Å². The second kappa shape index (κ2) is 9.08. The van der Waals surface area contributed by atoms with Crippen molar-refractivity contribution in [3.8, 4) is 0 Å². The Morgan fingerprint density at radius 2 is 1.83 bits per heavy atom. The van der Waals surface area contributed by atoms with Crippen LogP contribution < -0.4 is 10.6 Å². The van der Waals surface area contributed by atoms with E-state index in [0.717, 1.165) is 16.3 Å². The van der Waals surface area contributed by atoms with Crippen LogP contribution in [0.15, 0.2) is 64.4 Å². The Bertz CT molecular complexity index is 669. The number of carbonyl (C=O) groups excluding carboxylic acids is 1. The van der Waals surface area contributed by atoms with Crippen molar-refractivity contribution < 1.29 is 9.90 Å². The molecule has 3 N–H and O–H groups in total. The molecule has 1 aliphatic heterocycles. The Kier molecular flexibility index (Phi) is 7.12. The van der Waals surface area contributed by atoms with Gasteiger partial charge in [-0.1, -0.05) is 42.1 Å². The number of nitrogens with one attached hydrogen (secondary N) is 2. The van der Waals surface area contributed by atoms with Gasteiger partial charge in [-0.3, -0.25) is 4.79 Å². The minimum atomic E-state index is -0.385. The highest BCUT2D eigenvalue weighted by molar-refractivity contribution is 7.99. The molecule has 4 nitrogen and oxygen atoms in total. The van der Waals surface area contributed by atoms with Crippen LogP contribution in [-0.4, -0.2) is 36.8 Å². The predicted octanol–water partition coefficient (Wildman–Crippen LogP) is 2.57. The average molecular weight is 365 g/mol. The van der Waals surface area contributed by atoms with Crippen LogP contribution in [0.25, 0.3) is 0 Å². The van der Waals surface area contributed by atoms with Crippen LogP contribution in [0.4, 0.5) is 0 Å². The molecule has 1 saturated heterocycles. The van der Waals surface area contributed by atoms with Gasteiger partial charge in [0.15, 0.2) is 0 Å². The largest absolute Gasteiger partial charge is 0.391 e. The van der Waals surface area contributed by atoms with Gasteiger partial charge in [-0.15, -0.1) is 12.4 Å². The van der Waals surface area contributed by atoms with E-state index >= 15 is 0 Å². The maximum absolute atomic E-state index is 12.5. The minimum Gasteiger partial charge on any atom is -0.391 e.